The highest BCUT2D eigenvalue weighted by atomic mass is 32.3. The Hall–Kier alpha value is -0.503. The van der Waals surface area contributed by atoms with Gasteiger partial charge in [-0.15, -0.1) is 0 Å². The lowest BCUT2D eigenvalue weighted by Gasteiger charge is -2.33. The summed E-state index contributed by atoms with van der Waals surface area (Å²) in [6.07, 6.45) is 5.20. The van der Waals surface area contributed by atoms with Crippen LogP contribution in [-0.2, 0) is 33.3 Å². The standard InChI is InChI=1S/C13H30NO3Si.C2F6NO4S2/c1-5-14(10-6-7-11-14)12-8-9-13-18(15-2,16-3)17-4;3-1(4,5)14(10,11)9-15(12,13)2(6,7)8/h5-13H2,1-4H3;/q+1;-1. The summed E-state index contributed by atoms with van der Waals surface area (Å²) in [5.41, 5.74) is -12.4. The van der Waals surface area contributed by atoms with E-state index >= 15 is 0 Å². The van der Waals surface area contributed by atoms with Gasteiger partial charge in [-0.2, -0.15) is 26.3 Å². The Bertz CT molecular complexity index is 736. The van der Waals surface area contributed by atoms with E-state index in [2.05, 4.69) is 6.92 Å². The van der Waals surface area contributed by atoms with Crippen molar-refractivity contribution in [3.63, 3.8) is 0 Å². The summed E-state index contributed by atoms with van der Waals surface area (Å²) in [6, 6.07) is 0.931. The molecule has 9 nitrogen and oxygen atoms in total. The number of alkyl halides is 6. The summed E-state index contributed by atoms with van der Waals surface area (Å²) in [5, 5.41) is 0. The number of nitrogens with zero attached hydrogens (tertiary/aromatic N) is 2. The van der Waals surface area contributed by atoms with Crippen LogP contribution in [0.1, 0.15) is 32.6 Å². The van der Waals surface area contributed by atoms with Crippen LogP contribution in [0.5, 0.6) is 0 Å². The van der Waals surface area contributed by atoms with Crippen molar-refractivity contribution in [3.05, 3.63) is 4.13 Å². The Labute approximate surface area is 191 Å². The second kappa shape index (κ2) is 12.5. The van der Waals surface area contributed by atoms with Gasteiger partial charge in [0.2, 0.25) is 0 Å². The molecule has 0 aliphatic carbocycles. The summed E-state index contributed by atoms with van der Waals surface area (Å²) in [4.78, 5) is 0. The predicted molar refractivity (Wildman–Crippen MR) is 109 cm³/mol. The van der Waals surface area contributed by atoms with Crippen LogP contribution in [0.3, 0.4) is 0 Å². The second-order valence-corrected chi connectivity index (χ2v) is 13.7. The summed E-state index contributed by atoms with van der Waals surface area (Å²) < 4.78 is 127. The topological polar surface area (TPSA) is 110 Å². The molecular formula is C15H30F6N2O7S2Si. The van der Waals surface area contributed by atoms with Crippen molar-refractivity contribution in [3.8, 4) is 0 Å². The summed E-state index contributed by atoms with van der Waals surface area (Å²) in [7, 11) is -10.7. The first kappa shape index (κ1) is 32.5. The molecule has 0 atom stereocenters. The molecular weight excluding hydrogens is 526 g/mol. The molecule has 200 valence electrons. The van der Waals surface area contributed by atoms with Crippen LogP contribution in [0, 0.1) is 0 Å². The van der Waals surface area contributed by atoms with Crippen LogP contribution in [0.2, 0.25) is 6.04 Å². The zero-order valence-electron chi connectivity index (χ0n) is 18.7. The molecule has 0 aromatic carbocycles. The lowest BCUT2D eigenvalue weighted by Crippen LogP contribution is -2.46. The van der Waals surface area contributed by atoms with Crippen molar-refractivity contribution >= 4 is 28.9 Å². The van der Waals surface area contributed by atoms with Gasteiger partial charge in [0.15, 0.2) is 20.0 Å². The maximum Gasteiger partial charge on any atom is 0.500 e. The monoisotopic (exact) mass is 556 g/mol. The molecule has 0 spiro atoms. The summed E-state index contributed by atoms with van der Waals surface area (Å²) in [6.45, 7) is 7.65. The van der Waals surface area contributed by atoms with E-state index in [1.54, 1.807) is 21.3 Å². The van der Waals surface area contributed by atoms with E-state index < -0.39 is 39.9 Å². The van der Waals surface area contributed by atoms with E-state index in [4.69, 9.17) is 13.3 Å². The third-order valence-corrected chi connectivity index (χ3v) is 10.8. The lowest BCUT2D eigenvalue weighted by atomic mass is 10.2. The number of likely N-dealkylation sites (tertiary alicyclic amines) is 1. The number of rotatable bonds is 11. The Morgan fingerprint density at radius 3 is 1.52 bits per heavy atom. The Morgan fingerprint density at radius 2 is 1.21 bits per heavy atom. The molecule has 0 saturated carbocycles. The highest BCUT2D eigenvalue weighted by molar-refractivity contribution is 8.13. The van der Waals surface area contributed by atoms with Crippen LogP contribution >= 0.6 is 0 Å². The molecule has 1 aliphatic rings. The largest absolute Gasteiger partial charge is 0.500 e. The van der Waals surface area contributed by atoms with Gasteiger partial charge in [-0.05, 0) is 19.8 Å². The van der Waals surface area contributed by atoms with Gasteiger partial charge in [0, 0.05) is 40.2 Å². The number of hydrogen-bond acceptors (Lipinski definition) is 7. The molecule has 1 heterocycles. The minimum atomic E-state index is -6.72. The van der Waals surface area contributed by atoms with Gasteiger partial charge >= 0.3 is 19.8 Å². The Kier molecular flexibility index (Phi) is 12.3. The molecule has 1 fully saturated rings. The van der Waals surface area contributed by atoms with Crippen LogP contribution < -0.4 is 0 Å². The highest BCUT2D eigenvalue weighted by Gasteiger charge is 2.47. The summed E-state index contributed by atoms with van der Waals surface area (Å²) in [5.74, 6) is 0. The van der Waals surface area contributed by atoms with Crippen molar-refractivity contribution in [2.75, 3.05) is 47.5 Å². The molecule has 0 radical (unpaired) electrons. The number of hydrogen-bond donors (Lipinski definition) is 0. The van der Waals surface area contributed by atoms with Crippen molar-refractivity contribution < 1.29 is 60.9 Å². The second-order valence-electron chi connectivity index (χ2n) is 7.20. The fourth-order valence-corrected chi connectivity index (χ4v) is 6.77. The Balaban J connectivity index is 0.000000633. The highest BCUT2D eigenvalue weighted by Crippen LogP contribution is 2.36. The Morgan fingerprint density at radius 1 is 0.818 bits per heavy atom. The fraction of sp³-hybridized carbons (Fsp3) is 1.00. The molecule has 0 aromatic heterocycles. The first-order valence-electron chi connectivity index (χ1n) is 9.74. The number of sulfonamides is 2. The third kappa shape index (κ3) is 9.58. The number of unbranched alkanes of at least 4 members (excludes halogenated alkanes) is 1. The maximum absolute atomic E-state index is 11.4. The van der Waals surface area contributed by atoms with Crippen molar-refractivity contribution in [1.29, 1.82) is 0 Å². The first-order chi connectivity index (χ1) is 14.9. The van der Waals surface area contributed by atoms with Crippen molar-refractivity contribution in [2.45, 2.75) is 49.7 Å². The van der Waals surface area contributed by atoms with Crippen LogP contribution in [0.15, 0.2) is 0 Å². The molecule has 0 N–H and O–H groups in total. The minimum Gasteiger partial charge on any atom is -0.421 e. The van der Waals surface area contributed by atoms with Gasteiger partial charge in [-0.25, -0.2) is 16.8 Å². The molecule has 0 unspecified atom stereocenters. The number of halogens is 6. The zero-order chi connectivity index (χ0) is 26.2. The smallest absolute Gasteiger partial charge is 0.421 e. The molecule has 1 rings (SSSR count). The average molecular weight is 557 g/mol. The van der Waals surface area contributed by atoms with Crippen molar-refractivity contribution in [2.24, 2.45) is 0 Å². The first-order valence-corrected chi connectivity index (χ1v) is 14.5. The third-order valence-electron chi connectivity index (χ3n) is 5.27. The van der Waals surface area contributed by atoms with Crippen LogP contribution in [0.25, 0.3) is 4.13 Å². The minimum absolute atomic E-state index is 0.778. The molecule has 0 bridgehead atoms. The van der Waals surface area contributed by atoms with Gasteiger partial charge in [0.05, 0.1) is 26.2 Å². The predicted octanol–water partition coefficient (Wildman–Crippen LogP) is 3.33. The van der Waals surface area contributed by atoms with Crippen LogP contribution in [-0.4, -0.2) is 88.6 Å². The summed E-state index contributed by atoms with van der Waals surface area (Å²) >= 11 is 0. The molecule has 18 heteroatoms. The normalized spacial score (nSPS) is 17.5. The van der Waals surface area contributed by atoms with Gasteiger partial charge in [0.1, 0.15) is 0 Å². The van der Waals surface area contributed by atoms with Gasteiger partial charge < -0.3 is 21.9 Å². The average Bonchev–Trinajstić information content (AvgIpc) is 3.16. The molecule has 1 aliphatic heterocycles. The van der Waals surface area contributed by atoms with Gasteiger partial charge in [0.25, 0.3) is 0 Å². The zero-order valence-corrected chi connectivity index (χ0v) is 21.3. The number of quaternary nitrogens is 1. The fourth-order valence-electron chi connectivity index (χ4n) is 3.26. The quantitative estimate of drug-likeness (QED) is 0.166. The van der Waals surface area contributed by atoms with Gasteiger partial charge in [-0.3, -0.25) is 0 Å². The van der Waals surface area contributed by atoms with Gasteiger partial charge in [-0.1, -0.05) is 0 Å². The van der Waals surface area contributed by atoms with E-state index in [0.717, 1.165) is 16.6 Å². The molecule has 0 amide bonds. The lowest BCUT2D eigenvalue weighted by molar-refractivity contribution is -0.915. The maximum atomic E-state index is 11.4. The SMILES string of the molecule is CC[N+]1(CCCC[Si](OC)(OC)OC)CCCC1.O=S(=O)([N-]S(=O)(=O)C(F)(F)F)C(F)(F)F. The van der Waals surface area contributed by atoms with E-state index in [9.17, 15) is 43.2 Å². The van der Waals surface area contributed by atoms with E-state index in [1.165, 1.54) is 49.9 Å². The van der Waals surface area contributed by atoms with E-state index in [-0.39, 0.29) is 0 Å². The molecule has 33 heavy (non-hydrogen) atoms. The van der Waals surface area contributed by atoms with Crippen LogP contribution in [0.4, 0.5) is 26.3 Å². The van der Waals surface area contributed by atoms with E-state index in [0.29, 0.717) is 0 Å². The molecule has 0 aromatic rings. The van der Waals surface area contributed by atoms with E-state index in [1.807, 2.05) is 0 Å². The molecule has 1 saturated heterocycles. The van der Waals surface area contributed by atoms with Crippen molar-refractivity contribution in [1.82, 2.24) is 0 Å².